The molecule has 2 N–H and O–H groups in total. The molecule has 0 unspecified atom stereocenters. The molecular formula is C12H18ClFN2. The van der Waals surface area contributed by atoms with Gasteiger partial charge in [0.25, 0.3) is 0 Å². The second kappa shape index (κ2) is 6.18. The Morgan fingerprint density at radius 2 is 1.75 bits per heavy atom. The highest BCUT2D eigenvalue weighted by Gasteiger charge is 2.15. The van der Waals surface area contributed by atoms with Gasteiger partial charge in [0.1, 0.15) is 5.82 Å². The average molecular weight is 245 g/mol. The normalized spacial score (nSPS) is 18.1. The number of likely N-dealkylation sites (tertiary alicyclic amines) is 1. The van der Waals surface area contributed by atoms with Crippen LogP contribution in [0.1, 0.15) is 18.4 Å². The van der Waals surface area contributed by atoms with Gasteiger partial charge in [-0.1, -0.05) is 12.1 Å². The van der Waals surface area contributed by atoms with Gasteiger partial charge in [0.15, 0.2) is 0 Å². The molecule has 1 aromatic carbocycles. The largest absolute Gasteiger partial charge is 0.328 e. The van der Waals surface area contributed by atoms with Crippen molar-refractivity contribution < 1.29 is 4.39 Å². The summed E-state index contributed by atoms with van der Waals surface area (Å²) >= 11 is 0. The lowest BCUT2D eigenvalue weighted by Crippen LogP contribution is -2.39. The van der Waals surface area contributed by atoms with Gasteiger partial charge in [0.05, 0.1) is 0 Å². The van der Waals surface area contributed by atoms with Crippen molar-refractivity contribution in [3.05, 3.63) is 35.6 Å². The van der Waals surface area contributed by atoms with Gasteiger partial charge in [-0.2, -0.15) is 0 Å². The molecule has 0 aliphatic carbocycles. The number of rotatable bonds is 2. The van der Waals surface area contributed by atoms with Crippen LogP contribution >= 0.6 is 12.4 Å². The van der Waals surface area contributed by atoms with Crippen molar-refractivity contribution in [2.24, 2.45) is 5.73 Å². The smallest absolute Gasteiger partial charge is 0.123 e. The molecule has 1 aliphatic heterocycles. The lowest BCUT2D eigenvalue weighted by atomic mass is 10.1. The van der Waals surface area contributed by atoms with E-state index in [1.807, 2.05) is 12.1 Å². The van der Waals surface area contributed by atoms with Crippen LogP contribution in [0, 0.1) is 5.82 Å². The van der Waals surface area contributed by atoms with Crippen LogP contribution in [0.15, 0.2) is 24.3 Å². The van der Waals surface area contributed by atoms with E-state index >= 15 is 0 Å². The first-order valence-corrected chi connectivity index (χ1v) is 5.46. The van der Waals surface area contributed by atoms with Crippen molar-refractivity contribution in [3.63, 3.8) is 0 Å². The third-order valence-corrected chi connectivity index (χ3v) is 2.95. The van der Waals surface area contributed by atoms with Gasteiger partial charge in [0, 0.05) is 12.6 Å². The van der Waals surface area contributed by atoms with Crippen molar-refractivity contribution in [2.75, 3.05) is 13.1 Å². The second-order valence-corrected chi connectivity index (χ2v) is 4.24. The van der Waals surface area contributed by atoms with Gasteiger partial charge in [-0.3, -0.25) is 4.90 Å². The van der Waals surface area contributed by atoms with Crippen LogP contribution in [0.4, 0.5) is 4.39 Å². The van der Waals surface area contributed by atoms with Crippen LogP contribution in [0.5, 0.6) is 0 Å². The van der Waals surface area contributed by atoms with Crippen molar-refractivity contribution in [3.8, 4) is 0 Å². The minimum absolute atomic E-state index is 0. The van der Waals surface area contributed by atoms with Gasteiger partial charge in [0.2, 0.25) is 0 Å². The summed E-state index contributed by atoms with van der Waals surface area (Å²) in [4.78, 5) is 2.37. The molecule has 0 aromatic heterocycles. The Hall–Kier alpha value is -0.640. The van der Waals surface area contributed by atoms with Crippen LogP contribution in [-0.2, 0) is 6.54 Å². The zero-order chi connectivity index (χ0) is 10.7. The standard InChI is InChI=1S/C12H17FN2.ClH/c13-11-3-1-10(2-4-11)9-15-7-5-12(14)6-8-15;/h1-4,12H,5-9,14H2;1H. The molecule has 90 valence electrons. The summed E-state index contributed by atoms with van der Waals surface area (Å²) in [6.45, 7) is 3.02. The molecule has 2 rings (SSSR count). The van der Waals surface area contributed by atoms with Crippen LogP contribution in [0.2, 0.25) is 0 Å². The number of benzene rings is 1. The SMILES string of the molecule is Cl.NC1CCN(Cc2ccc(F)cc2)CC1. The summed E-state index contributed by atoms with van der Waals surface area (Å²) in [7, 11) is 0. The zero-order valence-corrected chi connectivity index (χ0v) is 10.0. The predicted octanol–water partition coefficient (Wildman–Crippen LogP) is 2.17. The first kappa shape index (κ1) is 13.4. The number of piperidine rings is 1. The third kappa shape index (κ3) is 3.74. The number of halogens is 2. The van der Waals surface area contributed by atoms with E-state index in [9.17, 15) is 4.39 Å². The predicted molar refractivity (Wildman–Crippen MR) is 66.1 cm³/mol. The highest BCUT2D eigenvalue weighted by Crippen LogP contribution is 2.12. The zero-order valence-electron chi connectivity index (χ0n) is 9.23. The number of nitrogens with two attached hydrogens (primary N) is 1. The van der Waals surface area contributed by atoms with Crippen molar-refractivity contribution in [1.29, 1.82) is 0 Å². The quantitative estimate of drug-likeness (QED) is 0.864. The van der Waals surface area contributed by atoms with E-state index in [-0.39, 0.29) is 18.2 Å². The van der Waals surface area contributed by atoms with E-state index in [1.54, 1.807) is 0 Å². The number of hydrogen-bond acceptors (Lipinski definition) is 2. The Balaban J connectivity index is 0.00000128. The molecule has 0 spiro atoms. The summed E-state index contributed by atoms with van der Waals surface area (Å²) in [5, 5.41) is 0. The van der Waals surface area contributed by atoms with Gasteiger partial charge in [-0.15, -0.1) is 12.4 Å². The van der Waals surface area contributed by atoms with Crippen LogP contribution < -0.4 is 5.73 Å². The summed E-state index contributed by atoms with van der Waals surface area (Å²) in [6.07, 6.45) is 2.14. The second-order valence-electron chi connectivity index (χ2n) is 4.24. The van der Waals surface area contributed by atoms with E-state index in [0.29, 0.717) is 6.04 Å². The van der Waals surface area contributed by atoms with E-state index in [4.69, 9.17) is 5.73 Å². The molecule has 0 amide bonds. The molecule has 1 aromatic rings. The van der Waals surface area contributed by atoms with Gasteiger partial charge in [-0.05, 0) is 43.6 Å². The highest BCUT2D eigenvalue weighted by molar-refractivity contribution is 5.85. The lowest BCUT2D eigenvalue weighted by Gasteiger charge is -2.29. The van der Waals surface area contributed by atoms with Crippen molar-refractivity contribution in [2.45, 2.75) is 25.4 Å². The van der Waals surface area contributed by atoms with E-state index in [2.05, 4.69) is 4.90 Å². The third-order valence-electron chi connectivity index (χ3n) is 2.95. The summed E-state index contributed by atoms with van der Waals surface area (Å²) < 4.78 is 12.7. The summed E-state index contributed by atoms with van der Waals surface area (Å²) in [5.74, 6) is -0.167. The molecule has 0 radical (unpaired) electrons. The Morgan fingerprint density at radius 1 is 1.19 bits per heavy atom. The fourth-order valence-corrected chi connectivity index (χ4v) is 1.96. The average Bonchev–Trinajstić information content (AvgIpc) is 2.25. The molecule has 1 fully saturated rings. The van der Waals surface area contributed by atoms with E-state index in [0.717, 1.165) is 32.5 Å². The minimum Gasteiger partial charge on any atom is -0.328 e. The molecule has 0 atom stereocenters. The molecule has 16 heavy (non-hydrogen) atoms. The van der Waals surface area contributed by atoms with E-state index < -0.39 is 0 Å². The molecule has 2 nitrogen and oxygen atoms in total. The Bertz CT molecular complexity index is 307. The molecule has 4 heteroatoms. The maximum Gasteiger partial charge on any atom is 0.123 e. The molecule has 0 saturated carbocycles. The fraction of sp³-hybridized carbons (Fsp3) is 0.500. The first-order valence-electron chi connectivity index (χ1n) is 5.46. The lowest BCUT2D eigenvalue weighted by molar-refractivity contribution is 0.205. The molecule has 1 saturated heterocycles. The van der Waals surface area contributed by atoms with Gasteiger partial charge < -0.3 is 5.73 Å². The summed E-state index contributed by atoms with van der Waals surface area (Å²) in [5.41, 5.74) is 7.01. The van der Waals surface area contributed by atoms with Crippen molar-refractivity contribution >= 4 is 12.4 Å². The minimum atomic E-state index is -0.167. The Kier molecular flexibility index (Phi) is 5.19. The first-order chi connectivity index (χ1) is 7.24. The molecule has 0 bridgehead atoms. The molecular weight excluding hydrogens is 227 g/mol. The Labute approximate surface area is 102 Å². The number of nitrogens with zero attached hydrogens (tertiary/aromatic N) is 1. The molecule has 1 heterocycles. The fourth-order valence-electron chi connectivity index (χ4n) is 1.96. The van der Waals surface area contributed by atoms with Gasteiger partial charge >= 0.3 is 0 Å². The maximum absolute atomic E-state index is 12.7. The molecule has 1 aliphatic rings. The monoisotopic (exact) mass is 244 g/mol. The Morgan fingerprint density at radius 3 is 2.31 bits per heavy atom. The van der Waals surface area contributed by atoms with Gasteiger partial charge in [-0.25, -0.2) is 4.39 Å². The van der Waals surface area contributed by atoms with Crippen LogP contribution in [0.3, 0.4) is 0 Å². The van der Waals surface area contributed by atoms with Crippen LogP contribution in [-0.4, -0.2) is 24.0 Å². The van der Waals surface area contributed by atoms with Crippen molar-refractivity contribution in [1.82, 2.24) is 4.90 Å². The maximum atomic E-state index is 12.7. The topological polar surface area (TPSA) is 29.3 Å². The van der Waals surface area contributed by atoms with E-state index in [1.165, 1.54) is 17.7 Å². The summed E-state index contributed by atoms with van der Waals surface area (Å²) in [6, 6.07) is 7.11. The highest BCUT2D eigenvalue weighted by atomic mass is 35.5. The number of hydrogen-bond donors (Lipinski definition) is 1. The van der Waals surface area contributed by atoms with Crippen LogP contribution in [0.25, 0.3) is 0 Å².